The number of hydrogen-bond donors (Lipinski definition) is 2. The Labute approximate surface area is 399 Å². The van der Waals surface area contributed by atoms with E-state index in [9.17, 15) is 19.5 Å². The summed E-state index contributed by atoms with van der Waals surface area (Å²) in [6.07, 6.45) is 3.59. The second-order valence-electron chi connectivity index (χ2n) is 19.5. The molecule has 6 heterocycles. The van der Waals surface area contributed by atoms with Gasteiger partial charge in [-0.3, -0.25) is 24.3 Å². The number of ether oxygens (including phenoxy) is 6. The third kappa shape index (κ3) is 10.9. The van der Waals surface area contributed by atoms with Crippen LogP contribution in [0.25, 0.3) is 11.2 Å². The Bertz CT molecular complexity index is 2230. The van der Waals surface area contributed by atoms with Crippen molar-refractivity contribution in [3.63, 3.8) is 0 Å². The number of carbonyl (C=O) groups excluding carboxylic acids is 4. The summed E-state index contributed by atoms with van der Waals surface area (Å²) in [6.45, 7) is 21.0. The number of nitrogens with one attached hydrogen (secondary N) is 1. The maximum atomic E-state index is 15.1. The summed E-state index contributed by atoms with van der Waals surface area (Å²) in [6, 6.07) is 3.85. The van der Waals surface area contributed by atoms with Gasteiger partial charge in [-0.1, -0.05) is 39.8 Å². The van der Waals surface area contributed by atoms with E-state index in [4.69, 9.17) is 28.4 Å². The highest BCUT2D eigenvalue weighted by molar-refractivity contribution is 5.85. The number of amides is 1. The van der Waals surface area contributed by atoms with Crippen molar-refractivity contribution in [2.75, 3.05) is 27.2 Å². The zero-order valence-corrected chi connectivity index (χ0v) is 41.5. The molecule has 2 N–H and O–H groups in total. The first-order valence-electron chi connectivity index (χ1n) is 23.8. The fraction of sp³-hybridized carbons (Fsp3) is 0.673. The summed E-state index contributed by atoms with van der Waals surface area (Å²) >= 11 is 0. The number of likely N-dealkylation sites (N-methyl/N-ethyl adjacent to an activating group) is 1. The van der Waals surface area contributed by atoms with Crippen LogP contribution >= 0.6 is 0 Å². The lowest BCUT2D eigenvalue weighted by Gasteiger charge is -2.52. The number of fused-ring (bicyclic) bond motifs is 2. The molecular weight excluding hydrogens is 877 g/mol. The number of esters is 2. The van der Waals surface area contributed by atoms with Crippen LogP contribution in [0.1, 0.15) is 93.7 Å². The Morgan fingerprint density at radius 3 is 2.51 bits per heavy atom. The van der Waals surface area contributed by atoms with Gasteiger partial charge < -0.3 is 38.1 Å². The van der Waals surface area contributed by atoms with Crippen LogP contribution < -0.4 is 5.43 Å². The number of carbonyl (C=O) groups is 4. The van der Waals surface area contributed by atoms with Crippen molar-refractivity contribution < 1.29 is 52.7 Å². The van der Waals surface area contributed by atoms with Crippen molar-refractivity contribution >= 4 is 35.0 Å². The van der Waals surface area contributed by atoms with Gasteiger partial charge in [0.15, 0.2) is 17.0 Å². The van der Waals surface area contributed by atoms with Gasteiger partial charge in [0.05, 0.1) is 48.4 Å². The van der Waals surface area contributed by atoms with E-state index in [0.717, 1.165) is 0 Å². The van der Waals surface area contributed by atoms with E-state index in [1.165, 1.54) is 18.4 Å². The van der Waals surface area contributed by atoms with Crippen LogP contribution in [-0.4, -0.2) is 150 Å². The number of aryl methyl sites for hydroxylation is 1. The highest BCUT2D eigenvalue weighted by Crippen LogP contribution is 2.45. The smallest absolute Gasteiger partial charge is 0.425 e. The van der Waals surface area contributed by atoms with Gasteiger partial charge in [0, 0.05) is 56.7 Å². The molecule has 3 saturated heterocycles. The maximum absolute atomic E-state index is 15.1. The van der Waals surface area contributed by atoms with Gasteiger partial charge in [-0.2, -0.15) is 0 Å². The van der Waals surface area contributed by atoms with Gasteiger partial charge in [0.2, 0.25) is 0 Å². The van der Waals surface area contributed by atoms with Crippen LogP contribution in [0, 0.1) is 23.7 Å². The minimum atomic E-state index is -1.66. The fourth-order valence-electron chi connectivity index (χ4n) is 10.8. The van der Waals surface area contributed by atoms with Crippen LogP contribution in [0.4, 0.5) is 4.79 Å². The first-order valence-corrected chi connectivity index (χ1v) is 23.8. The van der Waals surface area contributed by atoms with Crippen molar-refractivity contribution in [1.82, 2.24) is 39.8 Å². The number of aliphatic hydroxyl groups excluding tert-OH is 1. The number of hydrazine groups is 1. The number of aromatic nitrogens is 5. The highest BCUT2D eigenvalue weighted by atomic mass is 16.7. The number of Topliss-reactive ketones (excluding diaryl/α,β-unsaturated/α-hetero) is 1. The molecule has 6 rings (SSSR count). The molecule has 14 atom stereocenters. The van der Waals surface area contributed by atoms with Crippen LogP contribution in [0.15, 0.2) is 55.9 Å². The number of cyclic esters (lactones) is 1. The fourth-order valence-corrected chi connectivity index (χ4v) is 10.8. The predicted octanol–water partition coefficient (Wildman–Crippen LogP) is 4.85. The Hall–Kier alpha value is -4.92. The molecule has 3 aromatic rings. The predicted molar refractivity (Wildman–Crippen MR) is 249 cm³/mol. The molecular formula is C49H72N8O11. The zero-order valence-electron chi connectivity index (χ0n) is 41.5. The topological polar surface area (TPSA) is 219 Å². The Kier molecular flexibility index (Phi) is 16.8. The first-order chi connectivity index (χ1) is 32.2. The number of ketones is 1. The van der Waals surface area contributed by atoms with E-state index in [1.54, 1.807) is 91.5 Å². The summed E-state index contributed by atoms with van der Waals surface area (Å²) in [7, 11) is 3.40. The quantitative estimate of drug-likeness (QED) is 0.0900. The Morgan fingerprint density at radius 2 is 1.84 bits per heavy atom. The average molecular weight is 949 g/mol. The lowest BCUT2D eigenvalue weighted by atomic mass is 9.73. The molecule has 0 saturated carbocycles. The Balaban J connectivity index is 1.39. The van der Waals surface area contributed by atoms with Crippen molar-refractivity contribution in [2.24, 2.45) is 23.7 Å². The standard InChI is InChI=1S/C49H72N8O11/c1-13-21-55(11)36-23-30(4)66-49(10,42(36)60)67-43-32(6)40(65-38(58)24-34-18-15-16-19-51-34)33(7)45(61)64-37(14-2)48(9)41(31(5)39(59)29(3)25-47(43,8)63-12)57(46(62)68-48)54-20-17-22-56-28-53-35-26-50-27-52-44(35)56/h13,15-16,18-19,26-33,36-37,40-43,54,60H,1,14,17,20-25H2,2-12H3/t29-,30-,31+,32+,33-,36+,37-,40?,41-,42-,43-,47-,48-,49+/m1/s1. The second-order valence-corrected chi connectivity index (χ2v) is 19.5. The molecule has 19 nitrogen and oxygen atoms in total. The third-order valence-corrected chi connectivity index (χ3v) is 14.4. The van der Waals surface area contributed by atoms with Gasteiger partial charge in [-0.05, 0) is 79.5 Å². The molecule has 1 unspecified atom stereocenters. The van der Waals surface area contributed by atoms with E-state index in [2.05, 4.69) is 31.9 Å². The van der Waals surface area contributed by atoms with Crippen molar-refractivity contribution in [3.8, 4) is 0 Å². The molecule has 0 aliphatic carbocycles. The van der Waals surface area contributed by atoms with Gasteiger partial charge in [-0.15, -0.1) is 6.58 Å². The number of rotatable bonds is 15. The molecule has 3 fully saturated rings. The normalized spacial score (nSPS) is 35.1. The molecule has 0 radical (unpaired) electrons. The maximum Gasteiger partial charge on any atom is 0.425 e. The second kappa shape index (κ2) is 21.8. The summed E-state index contributed by atoms with van der Waals surface area (Å²) in [5, 5.41) is 13.5. The summed E-state index contributed by atoms with van der Waals surface area (Å²) in [5.41, 5.74) is 2.16. The van der Waals surface area contributed by atoms with E-state index < -0.39 is 95.2 Å². The minimum absolute atomic E-state index is 0.0714. The van der Waals surface area contributed by atoms with Crippen LogP contribution in [0.2, 0.25) is 0 Å². The number of imidazole rings is 1. The zero-order chi connectivity index (χ0) is 49.7. The molecule has 68 heavy (non-hydrogen) atoms. The summed E-state index contributed by atoms with van der Waals surface area (Å²) < 4.78 is 40.9. The lowest BCUT2D eigenvalue weighted by molar-refractivity contribution is -0.358. The number of methoxy groups -OCH3 is 1. The molecule has 0 aromatic carbocycles. The number of hydrogen-bond acceptors (Lipinski definition) is 17. The molecule has 3 aromatic heterocycles. The first kappa shape index (κ1) is 52.5. The average Bonchev–Trinajstić information content (AvgIpc) is 3.84. The molecule has 19 heteroatoms. The molecule has 3 aliphatic rings. The number of aliphatic hydroxyl groups is 1. The molecule has 0 spiro atoms. The van der Waals surface area contributed by atoms with E-state index >= 15 is 4.79 Å². The SMILES string of the molecule is C=CCN(C)[C@H]1C[C@@H](C)O[C@@](C)(O[C@@H]2[C@@H](C)C(OC(=O)Cc3ccccn3)[C@@H](C)C(=O)O[C@H](CC)[C@@]3(C)OC(=O)N(NCCCn4cnc5cncnc54)[C@@H]3[C@@H](C)C(=O)[C@H](C)C[C@@]2(C)OC)[C@@H]1O. The van der Waals surface area contributed by atoms with Gasteiger partial charge in [0.1, 0.15) is 42.0 Å². The van der Waals surface area contributed by atoms with Crippen molar-refractivity contribution in [2.45, 2.75) is 161 Å². The van der Waals surface area contributed by atoms with Crippen molar-refractivity contribution in [3.05, 3.63) is 61.6 Å². The highest BCUT2D eigenvalue weighted by Gasteiger charge is 2.61. The largest absolute Gasteiger partial charge is 0.461 e. The van der Waals surface area contributed by atoms with Crippen LogP contribution in [-0.2, 0) is 55.8 Å². The molecule has 3 aliphatic heterocycles. The molecule has 374 valence electrons. The van der Waals surface area contributed by atoms with Gasteiger partial charge >= 0.3 is 18.0 Å². The summed E-state index contributed by atoms with van der Waals surface area (Å²) in [4.78, 5) is 77.0. The number of nitrogens with zero attached hydrogens (tertiary/aromatic N) is 7. The summed E-state index contributed by atoms with van der Waals surface area (Å²) in [5.74, 6) is -6.85. The minimum Gasteiger partial charge on any atom is -0.461 e. The Morgan fingerprint density at radius 1 is 1.09 bits per heavy atom. The van der Waals surface area contributed by atoms with E-state index in [1.807, 2.05) is 30.4 Å². The molecule has 0 bridgehead atoms. The third-order valence-electron chi connectivity index (χ3n) is 14.4. The van der Waals surface area contributed by atoms with Gasteiger partial charge in [0.25, 0.3) is 0 Å². The van der Waals surface area contributed by atoms with Gasteiger partial charge in [-0.25, -0.2) is 30.2 Å². The van der Waals surface area contributed by atoms with Crippen LogP contribution in [0.5, 0.6) is 0 Å². The molecule has 1 amide bonds. The van der Waals surface area contributed by atoms with Crippen molar-refractivity contribution in [1.29, 1.82) is 0 Å². The van der Waals surface area contributed by atoms with Crippen LogP contribution in [0.3, 0.4) is 0 Å². The lowest BCUT2D eigenvalue weighted by Crippen LogP contribution is -2.65. The monoisotopic (exact) mass is 949 g/mol. The van der Waals surface area contributed by atoms with E-state index in [0.29, 0.717) is 49.3 Å². The number of pyridine rings is 1. The van der Waals surface area contributed by atoms with E-state index in [-0.39, 0.29) is 31.1 Å².